The Labute approximate surface area is 139 Å². The minimum atomic E-state index is -0.165. The van der Waals surface area contributed by atoms with Gasteiger partial charge in [-0.1, -0.05) is 30.0 Å². The van der Waals surface area contributed by atoms with Crippen LogP contribution >= 0.6 is 11.8 Å². The second-order valence-electron chi connectivity index (χ2n) is 4.90. The molecule has 1 heterocycles. The molecule has 1 amide bonds. The SMILES string of the molecule is C=CCn1c(C)nnc1SCC(=O)Nc1cccc(C(C)=O)c1. The van der Waals surface area contributed by atoms with Crippen molar-refractivity contribution in [3.63, 3.8) is 0 Å². The number of amides is 1. The van der Waals surface area contributed by atoms with Gasteiger partial charge in [-0.15, -0.1) is 16.8 Å². The first-order chi connectivity index (χ1) is 11.0. The quantitative estimate of drug-likeness (QED) is 0.480. The fraction of sp³-hybridized carbons (Fsp3) is 0.250. The van der Waals surface area contributed by atoms with E-state index in [0.717, 1.165) is 5.82 Å². The fourth-order valence-electron chi connectivity index (χ4n) is 1.95. The van der Waals surface area contributed by atoms with Gasteiger partial charge in [0, 0.05) is 17.8 Å². The number of thioether (sulfide) groups is 1. The number of aromatic nitrogens is 3. The summed E-state index contributed by atoms with van der Waals surface area (Å²) in [6.45, 7) is 7.65. The number of hydrogen-bond donors (Lipinski definition) is 1. The average molecular weight is 330 g/mol. The van der Waals surface area contributed by atoms with E-state index < -0.39 is 0 Å². The molecule has 2 aromatic rings. The maximum absolute atomic E-state index is 12.0. The number of carbonyl (C=O) groups is 2. The van der Waals surface area contributed by atoms with E-state index in [-0.39, 0.29) is 17.4 Å². The topological polar surface area (TPSA) is 76.9 Å². The Morgan fingerprint density at radius 3 is 2.87 bits per heavy atom. The molecule has 0 unspecified atom stereocenters. The first kappa shape index (κ1) is 17.0. The van der Waals surface area contributed by atoms with Gasteiger partial charge in [-0.25, -0.2) is 0 Å². The van der Waals surface area contributed by atoms with Crippen LogP contribution in [0.1, 0.15) is 23.1 Å². The van der Waals surface area contributed by atoms with Crippen LogP contribution < -0.4 is 5.32 Å². The van der Waals surface area contributed by atoms with Crippen LogP contribution in [0.2, 0.25) is 0 Å². The summed E-state index contributed by atoms with van der Waals surface area (Å²) in [5, 5.41) is 11.5. The largest absolute Gasteiger partial charge is 0.325 e. The maximum atomic E-state index is 12.0. The van der Waals surface area contributed by atoms with Gasteiger partial charge < -0.3 is 9.88 Å². The Balaban J connectivity index is 1.97. The van der Waals surface area contributed by atoms with Crippen LogP contribution in [0.5, 0.6) is 0 Å². The lowest BCUT2D eigenvalue weighted by Crippen LogP contribution is -2.15. The third-order valence-corrected chi connectivity index (χ3v) is 4.07. The summed E-state index contributed by atoms with van der Waals surface area (Å²) >= 11 is 1.31. The summed E-state index contributed by atoms with van der Waals surface area (Å²) in [5.74, 6) is 0.784. The zero-order chi connectivity index (χ0) is 16.8. The predicted molar refractivity (Wildman–Crippen MR) is 90.8 cm³/mol. The summed E-state index contributed by atoms with van der Waals surface area (Å²) in [7, 11) is 0. The van der Waals surface area contributed by atoms with E-state index in [1.54, 1.807) is 30.3 Å². The Morgan fingerprint density at radius 2 is 2.17 bits per heavy atom. The van der Waals surface area contributed by atoms with Crippen LogP contribution in [-0.4, -0.2) is 32.2 Å². The van der Waals surface area contributed by atoms with E-state index in [1.807, 2.05) is 11.5 Å². The molecule has 1 aromatic heterocycles. The molecule has 0 bridgehead atoms. The van der Waals surface area contributed by atoms with Crippen molar-refractivity contribution in [1.29, 1.82) is 0 Å². The molecular formula is C16H18N4O2S. The fourth-order valence-corrected chi connectivity index (χ4v) is 2.74. The number of hydrogen-bond acceptors (Lipinski definition) is 5. The van der Waals surface area contributed by atoms with Gasteiger partial charge in [-0.05, 0) is 26.0 Å². The van der Waals surface area contributed by atoms with Crippen LogP contribution in [0.25, 0.3) is 0 Å². The van der Waals surface area contributed by atoms with E-state index in [4.69, 9.17) is 0 Å². The van der Waals surface area contributed by atoms with Crippen molar-refractivity contribution in [2.75, 3.05) is 11.1 Å². The molecule has 0 radical (unpaired) electrons. The van der Waals surface area contributed by atoms with Crippen molar-refractivity contribution in [2.45, 2.75) is 25.5 Å². The van der Waals surface area contributed by atoms with E-state index in [0.29, 0.717) is 23.0 Å². The zero-order valence-corrected chi connectivity index (χ0v) is 13.9. The second kappa shape index (κ2) is 7.73. The van der Waals surface area contributed by atoms with Gasteiger partial charge >= 0.3 is 0 Å². The normalized spacial score (nSPS) is 10.3. The molecule has 0 saturated carbocycles. The number of carbonyl (C=O) groups excluding carboxylic acids is 2. The molecule has 2 rings (SSSR count). The third-order valence-electron chi connectivity index (χ3n) is 3.10. The van der Waals surface area contributed by atoms with Gasteiger partial charge in [-0.2, -0.15) is 0 Å². The smallest absolute Gasteiger partial charge is 0.234 e. The minimum absolute atomic E-state index is 0.0384. The summed E-state index contributed by atoms with van der Waals surface area (Å²) in [5.41, 5.74) is 1.17. The van der Waals surface area contributed by atoms with Gasteiger partial charge in [0.2, 0.25) is 5.91 Å². The molecular weight excluding hydrogens is 312 g/mol. The van der Waals surface area contributed by atoms with Crippen molar-refractivity contribution < 1.29 is 9.59 Å². The Kier molecular flexibility index (Phi) is 5.70. The standard InChI is InChI=1S/C16H18N4O2S/c1-4-8-20-12(3)18-19-16(20)23-10-15(22)17-14-7-5-6-13(9-14)11(2)21/h4-7,9H,1,8,10H2,2-3H3,(H,17,22). The second-order valence-corrected chi connectivity index (χ2v) is 5.85. The number of allylic oxidation sites excluding steroid dienone is 1. The van der Waals surface area contributed by atoms with Crippen molar-refractivity contribution >= 4 is 29.1 Å². The number of nitrogens with zero attached hydrogens (tertiary/aromatic N) is 3. The highest BCUT2D eigenvalue weighted by Gasteiger charge is 2.11. The van der Waals surface area contributed by atoms with E-state index in [1.165, 1.54) is 18.7 Å². The first-order valence-electron chi connectivity index (χ1n) is 7.05. The molecule has 0 spiro atoms. The summed E-state index contributed by atoms with van der Waals surface area (Å²) in [4.78, 5) is 23.4. The Morgan fingerprint density at radius 1 is 1.39 bits per heavy atom. The third kappa shape index (κ3) is 4.53. The number of anilines is 1. The Hall–Kier alpha value is -2.41. The summed E-state index contributed by atoms with van der Waals surface area (Å²) in [6.07, 6.45) is 1.76. The Bertz CT molecular complexity index is 739. The molecule has 120 valence electrons. The van der Waals surface area contributed by atoms with Crippen LogP contribution in [0, 0.1) is 6.92 Å². The first-order valence-corrected chi connectivity index (χ1v) is 8.04. The summed E-state index contributed by atoms with van der Waals surface area (Å²) < 4.78 is 1.89. The molecule has 23 heavy (non-hydrogen) atoms. The average Bonchev–Trinajstić information content (AvgIpc) is 2.86. The highest BCUT2D eigenvalue weighted by molar-refractivity contribution is 7.99. The van der Waals surface area contributed by atoms with Crippen LogP contribution in [0.3, 0.4) is 0 Å². The van der Waals surface area contributed by atoms with Crippen LogP contribution in [0.15, 0.2) is 42.1 Å². The molecule has 0 atom stereocenters. The molecule has 0 saturated heterocycles. The number of aryl methyl sites for hydroxylation is 1. The highest BCUT2D eigenvalue weighted by Crippen LogP contribution is 2.18. The number of benzene rings is 1. The van der Waals surface area contributed by atoms with Gasteiger partial charge in [0.15, 0.2) is 10.9 Å². The molecule has 0 fully saturated rings. The highest BCUT2D eigenvalue weighted by atomic mass is 32.2. The van der Waals surface area contributed by atoms with Crippen molar-refractivity contribution in [3.05, 3.63) is 48.3 Å². The maximum Gasteiger partial charge on any atom is 0.234 e. The lowest BCUT2D eigenvalue weighted by atomic mass is 10.1. The zero-order valence-electron chi connectivity index (χ0n) is 13.1. The number of rotatable bonds is 7. The van der Waals surface area contributed by atoms with Gasteiger partial charge in [0.05, 0.1) is 5.75 Å². The molecule has 1 aromatic carbocycles. The lowest BCUT2D eigenvalue weighted by Gasteiger charge is -2.07. The van der Waals surface area contributed by atoms with Gasteiger partial charge in [0.1, 0.15) is 5.82 Å². The lowest BCUT2D eigenvalue weighted by molar-refractivity contribution is -0.113. The van der Waals surface area contributed by atoms with Crippen molar-refractivity contribution in [1.82, 2.24) is 14.8 Å². The van der Waals surface area contributed by atoms with E-state index >= 15 is 0 Å². The van der Waals surface area contributed by atoms with Crippen LogP contribution in [-0.2, 0) is 11.3 Å². The molecule has 7 heteroatoms. The predicted octanol–water partition coefficient (Wildman–Crippen LogP) is 2.71. The van der Waals surface area contributed by atoms with Crippen LogP contribution in [0.4, 0.5) is 5.69 Å². The van der Waals surface area contributed by atoms with E-state index in [9.17, 15) is 9.59 Å². The number of Topliss-reactive ketones (excluding diaryl/α,β-unsaturated/α-hetero) is 1. The monoisotopic (exact) mass is 330 g/mol. The molecule has 0 aliphatic carbocycles. The number of nitrogens with one attached hydrogen (secondary N) is 1. The van der Waals surface area contributed by atoms with Gasteiger partial charge in [-0.3, -0.25) is 9.59 Å². The number of ketones is 1. The molecule has 1 N–H and O–H groups in total. The van der Waals surface area contributed by atoms with Gasteiger partial charge in [0.25, 0.3) is 0 Å². The molecule has 0 aliphatic rings. The van der Waals surface area contributed by atoms with E-state index in [2.05, 4.69) is 22.1 Å². The molecule has 0 aliphatic heterocycles. The van der Waals surface area contributed by atoms with Crippen molar-refractivity contribution in [3.8, 4) is 0 Å². The molecule has 6 nitrogen and oxygen atoms in total. The van der Waals surface area contributed by atoms with Crippen molar-refractivity contribution in [2.24, 2.45) is 0 Å². The summed E-state index contributed by atoms with van der Waals surface area (Å²) in [6, 6.07) is 6.87. The minimum Gasteiger partial charge on any atom is -0.325 e.